The van der Waals surface area contributed by atoms with Gasteiger partial charge in [0.25, 0.3) is 5.91 Å². The zero-order chi connectivity index (χ0) is 24.5. The van der Waals surface area contributed by atoms with Crippen LogP contribution in [-0.2, 0) is 11.2 Å². The molecular formula is C26H24ClFN4O3. The summed E-state index contributed by atoms with van der Waals surface area (Å²) in [6.07, 6.45) is 0.440. The lowest BCUT2D eigenvalue weighted by molar-refractivity contribution is 0.0383. The number of fused-ring (bicyclic) bond motifs is 3. The predicted octanol–water partition coefficient (Wildman–Crippen LogP) is 3.27. The second-order valence-electron chi connectivity index (χ2n) is 8.63. The molecule has 0 bridgehead atoms. The van der Waals surface area contributed by atoms with Crippen LogP contribution >= 0.6 is 11.6 Å². The van der Waals surface area contributed by atoms with Crippen LogP contribution in [0.15, 0.2) is 42.5 Å². The van der Waals surface area contributed by atoms with Crippen molar-refractivity contribution >= 4 is 23.4 Å². The second kappa shape index (κ2) is 9.73. The van der Waals surface area contributed by atoms with Crippen LogP contribution in [0.25, 0.3) is 22.5 Å². The molecule has 3 aromatic rings. The van der Waals surface area contributed by atoms with Gasteiger partial charge in [-0.3, -0.25) is 14.5 Å². The van der Waals surface area contributed by atoms with E-state index in [0.717, 1.165) is 44.0 Å². The van der Waals surface area contributed by atoms with Gasteiger partial charge in [-0.2, -0.15) is 0 Å². The van der Waals surface area contributed by atoms with E-state index < -0.39 is 11.7 Å². The average Bonchev–Trinajstić information content (AvgIpc) is 3.23. The molecule has 1 saturated heterocycles. The van der Waals surface area contributed by atoms with Crippen LogP contribution in [-0.4, -0.2) is 61.1 Å². The highest BCUT2D eigenvalue weighted by atomic mass is 35.5. The minimum atomic E-state index is -0.577. The number of nitrogens with two attached hydrogens (primary N) is 1. The topological polar surface area (TPSA) is 97.6 Å². The minimum absolute atomic E-state index is 0.0323. The van der Waals surface area contributed by atoms with Crippen molar-refractivity contribution in [2.75, 3.05) is 39.4 Å². The van der Waals surface area contributed by atoms with Crippen molar-refractivity contribution < 1.29 is 18.7 Å². The third-order valence-electron chi connectivity index (χ3n) is 6.41. The smallest absolute Gasteiger partial charge is 0.251 e. The molecule has 7 nitrogen and oxygen atoms in total. The Morgan fingerprint density at radius 1 is 1.14 bits per heavy atom. The number of carbonyl (C=O) groups is 2. The summed E-state index contributed by atoms with van der Waals surface area (Å²) in [7, 11) is 0. The summed E-state index contributed by atoms with van der Waals surface area (Å²) in [6.45, 7) is 4.50. The maximum atomic E-state index is 13.6. The van der Waals surface area contributed by atoms with Crippen molar-refractivity contribution in [3.63, 3.8) is 0 Å². The van der Waals surface area contributed by atoms with Crippen LogP contribution in [0, 0.1) is 5.82 Å². The van der Waals surface area contributed by atoms with Crippen molar-refractivity contribution in [1.29, 1.82) is 0 Å². The van der Waals surface area contributed by atoms with Gasteiger partial charge in [-0.25, -0.2) is 9.37 Å². The van der Waals surface area contributed by atoms with Gasteiger partial charge in [0, 0.05) is 54.9 Å². The SMILES string of the molecule is NC(=O)c1cc(-c2ccc(F)c(Cl)c2)nc2c1Cc1cc(C(=O)NCCN3CCOCC3)ccc1-2. The first-order chi connectivity index (χ1) is 16.9. The second-order valence-corrected chi connectivity index (χ2v) is 9.04. The number of ether oxygens (including phenoxy) is 1. The first kappa shape index (κ1) is 23.4. The van der Waals surface area contributed by atoms with Crippen LogP contribution in [0.3, 0.4) is 0 Å². The van der Waals surface area contributed by atoms with Gasteiger partial charge in [-0.15, -0.1) is 0 Å². The van der Waals surface area contributed by atoms with E-state index >= 15 is 0 Å². The highest BCUT2D eigenvalue weighted by molar-refractivity contribution is 6.31. The minimum Gasteiger partial charge on any atom is -0.379 e. The number of pyridine rings is 1. The number of halogens is 2. The number of hydrogen-bond acceptors (Lipinski definition) is 5. The van der Waals surface area contributed by atoms with Gasteiger partial charge in [-0.1, -0.05) is 17.7 Å². The molecule has 1 aliphatic carbocycles. The Kier molecular flexibility index (Phi) is 6.51. The van der Waals surface area contributed by atoms with Crippen LogP contribution in [0.2, 0.25) is 5.02 Å². The van der Waals surface area contributed by atoms with E-state index in [0.29, 0.717) is 46.6 Å². The Labute approximate surface area is 207 Å². The fourth-order valence-electron chi connectivity index (χ4n) is 4.55. The molecule has 2 aromatic carbocycles. The summed E-state index contributed by atoms with van der Waals surface area (Å²) in [4.78, 5) is 32.0. The molecule has 180 valence electrons. The van der Waals surface area contributed by atoms with Crippen molar-refractivity contribution in [3.8, 4) is 22.5 Å². The molecule has 0 atom stereocenters. The van der Waals surface area contributed by atoms with E-state index in [1.54, 1.807) is 18.2 Å². The van der Waals surface area contributed by atoms with Crippen molar-refractivity contribution in [3.05, 3.63) is 75.6 Å². The molecule has 0 saturated carbocycles. The van der Waals surface area contributed by atoms with Gasteiger partial charge in [0.1, 0.15) is 5.82 Å². The third kappa shape index (κ3) is 4.77. The lowest BCUT2D eigenvalue weighted by Crippen LogP contribution is -2.41. The summed E-state index contributed by atoms with van der Waals surface area (Å²) in [5.41, 5.74) is 10.7. The molecule has 3 N–H and O–H groups in total. The van der Waals surface area contributed by atoms with Gasteiger partial charge in [-0.05, 0) is 47.5 Å². The van der Waals surface area contributed by atoms with E-state index in [4.69, 9.17) is 27.1 Å². The molecule has 2 heterocycles. The normalized spacial score (nSPS) is 14.9. The maximum Gasteiger partial charge on any atom is 0.251 e. The molecule has 2 aliphatic rings. The molecule has 5 rings (SSSR count). The predicted molar refractivity (Wildman–Crippen MR) is 131 cm³/mol. The van der Waals surface area contributed by atoms with E-state index in [-0.39, 0.29) is 10.9 Å². The number of nitrogens with zero attached hydrogens (tertiary/aromatic N) is 2. The summed E-state index contributed by atoms with van der Waals surface area (Å²) < 4.78 is 19.0. The Morgan fingerprint density at radius 2 is 1.94 bits per heavy atom. The highest BCUT2D eigenvalue weighted by Gasteiger charge is 2.27. The van der Waals surface area contributed by atoms with Crippen molar-refractivity contribution in [1.82, 2.24) is 15.2 Å². The molecule has 1 aliphatic heterocycles. The number of morpholine rings is 1. The fraction of sp³-hybridized carbons (Fsp3) is 0.269. The average molecular weight is 495 g/mol. The number of hydrogen-bond donors (Lipinski definition) is 2. The van der Waals surface area contributed by atoms with Gasteiger partial charge >= 0.3 is 0 Å². The Bertz CT molecular complexity index is 1320. The molecule has 1 fully saturated rings. The van der Waals surface area contributed by atoms with Crippen LogP contribution < -0.4 is 11.1 Å². The van der Waals surface area contributed by atoms with E-state index in [2.05, 4.69) is 10.2 Å². The lowest BCUT2D eigenvalue weighted by Gasteiger charge is -2.26. The number of amides is 2. The Morgan fingerprint density at radius 3 is 2.69 bits per heavy atom. The van der Waals surface area contributed by atoms with Crippen LogP contribution in [0.5, 0.6) is 0 Å². The highest BCUT2D eigenvalue weighted by Crippen LogP contribution is 2.39. The largest absolute Gasteiger partial charge is 0.379 e. The first-order valence-corrected chi connectivity index (χ1v) is 11.8. The van der Waals surface area contributed by atoms with Crippen molar-refractivity contribution in [2.45, 2.75) is 6.42 Å². The molecule has 1 aromatic heterocycles. The maximum absolute atomic E-state index is 13.6. The summed E-state index contributed by atoms with van der Waals surface area (Å²) >= 11 is 5.95. The summed E-state index contributed by atoms with van der Waals surface area (Å²) in [6, 6.07) is 11.3. The third-order valence-corrected chi connectivity index (χ3v) is 6.70. The summed E-state index contributed by atoms with van der Waals surface area (Å²) in [5, 5.41) is 2.94. The number of primary amides is 1. The summed E-state index contributed by atoms with van der Waals surface area (Å²) in [5.74, 6) is -1.26. The first-order valence-electron chi connectivity index (χ1n) is 11.4. The monoisotopic (exact) mass is 494 g/mol. The number of aromatic nitrogens is 1. The van der Waals surface area contributed by atoms with E-state index in [9.17, 15) is 14.0 Å². The van der Waals surface area contributed by atoms with Crippen molar-refractivity contribution in [2.24, 2.45) is 5.73 Å². The molecule has 0 spiro atoms. The number of nitrogens with one attached hydrogen (secondary N) is 1. The zero-order valence-corrected chi connectivity index (χ0v) is 19.7. The van der Waals surface area contributed by atoms with Gasteiger partial charge in [0.05, 0.1) is 29.6 Å². The molecule has 2 amide bonds. The van der Waals surface area contributed by atoms with E-state index in [1.165, 1.54) is 12.1 Å². The number of rotatable bonds is 6. The quantitative estimate of drug-likeness (QED) is 0.429. The fourth-order valence-corrected chi connectivity index (χ4v) is 4.73. The van der Waals surface area contributed by atoms with Crippen LogP contribution in [0.1, 0.15) is 31.8 Å². The molecule has 0 radical (unpaired) electrons. The van der Waals surface area contributed by atoms with Gasteiger partial charge in [0.2, 0.25) is 5.91 Å². The van der Waals surface area contributed by atoms with Crippen LogP contribution in [0.4, 0.5) is 4.39 Å². The molecule has 35 heavy (non-hydrogen) atoms. The lowest BCUT2D eigenvalue weighted by atomic mass is 10.0. The molecule has 0 unspecified atom stereocenters. The Balaban J connectivity index is 1.39. The number of benzene rings is 2. The molecule has 9 heteroatoms. The van der Waals surface area contributed by atoms with E-state index in [1.807, 2.05) is 12.1 Å². The van der Waals surface area contributed by atoms with Gasteiger partial charge < -0.3 is 15.8 Å². The number of carbonyl (C=O) groups excluding carboxylic acids is 2. The van der Waals surface area contributed by atoms with Gasteiger partial charge in [0.15, 0.2) is 0 Å². The molecular weight excluding hydrogens is 471 g/mol. The standard InChI is InChI=1S/C26H24ClFN4O3/c27-21-13-15(2-4-22(21)28)23-14-20(25(29)33)19-12-17-11-16(1-3-18(17)24(19)31-23)26(34)30-5-6-32-7-9-35-10-8-32/h1-4,11,13-14H,5-10,12H2,(H2,29,33)(H,30,34). The Hall–Kier alpha value is -3.33. The zero-order valence-electron chi connectivity index (χ0n) is 18.9.